The minimum absolute atomic E-state index is 0.108. The highest BCUT2D eigenvalue weighted by Gasteiger charge is 2.31. The van der Waals surface area contributed by atoms with Crippen LogP contribution < -0.4 is 10.2 Å². The molecule has 1 N–H and O–H groups in total. The molecule has 0 aliphatic rings. The molecule has 1 heterocycles. The van der Waals surface area contributed by atoms with Crippen LogP contribution in [-0.4, -0.2) is 29.8 Å². The first kappa shape index (κ1) is 17.8. The van der Waals surface area contributed by atoms with Crippen molar-refractivity contribution in [3.05, 3.63) is 23.5 Å². The van der Waals surface area contributed by atoms with Crippen LogP contribution in [0.15, 0.2) is 12.3 Å². The van der Waals surface area contributed by atoms with Gasteiger partial charge in [0.1, 0.15) is 6.54 Å². The Labute approximate surface area is 124 Å². The van der Waals surface area contributed by atoms with E-state index in [1.165, 1.54) is 4.90 Å². The second kappa shape index (κ2) is 6.64. The molecule has 0 amide bonds. The van der Waals surface area contributed by atoms with E-state index in [9.17, 15) is 13.2 Å². The fraction of sp³-hybridized carbons (Fsp3) is 0.667. The molecule has 0 unspecified atom stereocenters. The van der Waals surface area contributed by atoms with Crippen LogP contribution in [0.25, 0.3) is 0 Å². The number of alkyl halides is 3. The Kier molecular flexibility index (Phi) is 5.61. The zero-order valence-electron chi connectivity index (χ0n) is 13.3. The van der Waals surface area contributed by atoms with E-state index in [1.807, 2.05) is 20.8 Å². The summed E-state index contributed by atoms with van der Waals surface area (Å²) in [5.74, 6) is 0. The van der Waals surface area contributed by atoms with E-state index in [1.54, 1.807) is 26.1 Å². The van der Waals surface area contributed by atoms with Gasteiger partial charge < -0.3 is 10.2 Å². The molecule has 0 aliphatic heterocycles. The molecule has 120 valence electrons. The number of rotatable bonds is 5. The van der Waals surface area contributed by atoms with E-state index < -0.39 is 12.7 Å². The van der Waals surface area contributed by atoms with Crippen LogP contribution in [0.3, 0.4) is 0 Å². The van der Waals surface area contributed by atoms with Gasteiger partial charge >= 0.3 is 6.18 Å². The Hall–Kier alpha value is -1.30. The molecule has 0 saturated heterocycles. The fourth-order valence-electron chi connectivity index (χ4n) is 1.95. The summed E-state index contributed by atoms with van der Waals surface area (Å²) in [7, 11) is 0. The van der Waals surface area contributed by atoms with Crippen LogP contribution in [0.5, 0.6) is 0 Å². The van der Waals surface area contributed by atoms with Crippen LogP contribution in [-0.2, 0) is 6.54 Å². The first-order valence-corrected chi connectivity index (χ1v) is 7.04. The summed E-state index contributed by atoms with van der Waals surface area (Å²) in [6.45, 7) is 9.39. The third kappa shape index (κ3) is 6.33. The molecule has 0 atom stereocenters. The smallest absolute Gasteiger partial charge is 0.363 e. The summed E-state index contributed by atoms with van der Waals surface area (Å²) >= 11 is 0. The van der Waals surface area contributed by atoms with Gasteiger partial charge in [-0.2, -0.15) is 13.2 Å². The number of anilines is 1. The fourth-order valence-corrected chi connectivity index (χ4v) is 1.95. The monoisotopic (exact) mass is 303 g/mol. The first-order chi connectivity index (χ1) is 9.52. The Balaban J connectivity index is 3.04. The van der Waals surface area contributed by atoms with Crippen molar-refractivity contribution in [2.45, 2.75) is 52.9 Å². The molecule has 1 aromatic heterocycles. The van der Waals surface area contributed by atoms with Crippen LogP contribution in [0.1, 0.15) is 39.0 Å². The molecule has 0 bridgehead atoms. The number of nitrogens with zero attached hydrogens (tertiary/aromatic N) is 2. The van der Waals surface area contributed by atoms with Crippen LogP contribution in [0.2, 0.25) is 0 Å². The number of halogens is 3. The molecule has 0 aromatic carbocycles. The predicted octanol–water partition coefficient (Wildman–Crippen LogP) is 3.67. The van der Waals surface area contributed by atoms with Crippen molar-refractivity contribution in [1.82, 2.24) is 10.3 Å². The summed E-state index contributed by atoms with van der Waals surface area (Å²) in [5.41, 5.74) is 1.98. The number of pyridine rings is 1. The van der Waals surface area contributed by atoms with Gasteiger partial charge in [0.25, 0.3) is 0 Å². The zero-order valence-corrected chi connectivity index (χ0v) is 13.3. The van der Waals surface area contributed by atoms with Gasteiger partial charge in [-0.25, -0.2) is 0 Å². The lowest BCUT2D eigenvalue weighted by Gasteiger charge is -2.28. The van der Waals surface area contributed by atoms with Crippen LogP contribution in [0.4, 0.5) is 18.9 Å². The largest absolute Gasteiger partial charge is 0.405 e. The van der Waals surface area contributed by atoms with E-state index in [0.29, 0.717) is 24.5 Å². The molecule has 0 radical (unpaired) electrons. The van der Waals surface area contributed by atoms with Crippen molar-refractivity contribution < 1.29 is 13.2 Å². The summed E-state index contributed by atoms with van der Waals surface area (Å²) in [6.07, 6.45) is -2.57. The Morgan fingerprint density at radius 2 is 1.86 bits per heavy atom. The molecule has 0 aliphatic carbocycles. The summed E-state index contributed by atoms with van der Waals surface area (Å²) < 4.78 is 38.1. The van der Waals surface area contributed by atoms with Crippen LogP contribution in [0, 0.1) is 6.92 Å². The van der Waals surface area contributed by atoms with E-state index in [0.717, 1.165) is 5.56 Å². The maximum Gasteiger partial charge on any atom is 0.405 e. The SMILES string of the molecule is CCN(CC(F)(F)F)c1cc(C)ncc1CNC(C)(C)C. The van der Waals surface area contributed by atoms with Crippen molar-refractivity contribution >= 4 is 5.69 Å². The van der Waals surface area contributed by atoms with Crippen molar-refractivity contribution in [2.24, 2.45) is 0 Å². The molecular formula is C15H24F3N3. The molecule has 3 nitrogen and oxygen atoms in total. The quantitative estimate of drug-likeness (QED) is 0.899. The summed E-state index contributed by atoms with van der Waals surface area (Å²) in [5, 5.41) is 3.29. The highest BCUT2D eigenvalue weighted by Crippen LogP contribution is 2.26. The number of aryl methyl sites for hydroxylation is 1. The van der Waals surface area contributed by atoms with Crippen molar-refractivity contribution in [3.8, 4) is 0 Å². The summed E-state index contributed by atoms with van der Waals surface area (Å²) in [4.78, 5) is 5.55. The van der Waals surface area contributed by atoms with Crippen molar-refractivity contribution in [2.75, 3.05) is 18.0 Å². The number of hydrogen-bond donors (Lipinski definition) is 1. The second-order valence-corrected chi connectivity index (χ2v) is 6.19. The Morgan fingerprint density at radius 3 is 2.33 bits per heavy atom. The number of hydrogen-bond acceptors (Lipinski definition) is 3. The maximum atomic E-state index is 12.7. The highest BCUT2D eigenvalue weighted by molar-refractivity contribution is 5.53. The van der Waals surface area contributed by atoms with E-state index in [-0.39, 0.29) is 5.54 Å². The lowest BCUT2D eigenvalue weighted by Crippen LogP contribution is -2.37. The lowest BCUT2D eigenvalue weighted by molar-refractivity contribution is -0.119. The number of aromatic nitrogens is 1. The van der Waals surface area contributed by atoms with Crippen molar-refractivity contribution in [3.63, 3.8) is 0 Å². The average molecular weight is 303 g/mol. The molecule has 1 rings (SSSR count). The molecule has 0 spiro atoms. The third-order valence-corrected chi connectivity index (χ3v) is 3.00. The summed E-state index contributed by atoms with van der Waals surface area (Å²) in [6, 6.07) is 1.72. The second-order valence-electron chi connectivity index (χ2n) is 6.19. The lowest BCUT2D eigenvalue weighted by atomic mass is 10.1. The first-order valence-electron chi connectivity index (χ1n) is 7.04. The average Bonchev–Trinajstić information content (AvgIpc) is 2.32. The molecule has 6 heteroatoms. The van der Waals surface area contributed by atoms with Gasteiger partial charge in [0.2, 0.25) is 0 Å². The standard InChI is InChI=1S/C15H24F3N3/c1-6-21(10-15(16,17)18)13-7-11(2)19-8-12(13)9-20-14(3,4)5/h7-8,20H,6,9-10H2,1-5H3. The van der Waals surface area contributed by atoms with E-state index in [4.69, 9.17) is 0 Å². The van der Waals surface area contributed by atoms with Gasteiger partial charge in [0, 0.05) is 41.8 Å². The van der Waals surface area contributed by atoms with Gasteiger partial charge in [-0.05, 0) is 40.7 Å². The van der Waals surface area contributed by atoms with Crippen molar-refractivity contribution in [1.29, 1.82) is 0 Å². The Morgan fingerprint density at radius 1 is 1.24 bits per heavy atom. The molecule has 0 fully saturated rings. The highest BCUT2D eigenvalue weighted by atomic mass is 19.4. The van der Waals surface area contributed by atoms with E-state index in [2.05, 4.69) is 10.3 Å². The van der Waals surface area contributed by atoms with Gasteiger partial charge in [0.15, 0.2) is 0 Å². The van der Waals surface area contributed by atoms with Gasteiger partial charge in [-0.15, -0.1) is 0 Å². The molecule has 0 saturated carbocycles. The maximum absolute atomic E-state index is 12.7. The van der Waals surface area contributed by atoms with Gasteiger partial charge in [-0.3, -0.25) is 4.98 Å². The predicted molar refractivity (Wildman–Crippen MR) is 79.5 cm³/mol. The normalized spacial score (nSPS) is 12.6. The third-order valence-electron chi connectivity index (χ3n) is 3.00. The zero-order chi connectivity index (χ0) is 16.3. The Bertz CT molecular complexity index is 464. The molecule has 21 heavy (non-hydrogen) atoms. The molecule has 1 aromatic rings. The van der Waals surface area contributed by atoms with Gasteiger partial charge in [-0.1, -0.05) is 0 Å². The van der Waals surface area contributed by atoms with Crippen LogP contribution >= 0.6 is 0 Å². The number of nitrogens with one attached hydrogen (secondary N) is 1. The minimum Gasteiger partial charge on any atom is -0.363 e. The topological polar surface area (TPSA) is 28.2 Å². The molecular weight excluding hydrogens is 279 g/mol. The minimum atomic E-state index is -4.22. The van der Waals surface area contributed by atoms with Gasteiger partial charge in [0.05, 0.1) is 0 Å². The van der Waals surface area contributed by atoms with E-state index >= 15 is 0 Å².